The Kier molecular flexibility index (Phi) is 4.81. The van der Waals surface area contributed by atoms with Crippen LogP contribution in [0.25, 0.3) is 0 Å². The van der Waals surface area contributed by atoms with Crippen LogP contribution in [0.5, 0.6) is 0 Å². The van der Waals surface area contributed by atoms with E-state index >= 15 is 0 Å². The average Bonchev–Trinajstić information content (AvgIpc) is 2.38. The van der Waals surface area contributed by atoms with Crippen molar-refractivity contribution >= 4 is 38.7 Å². The minimum atomic E-state index is -3.22. The van der Waals surface area contributed by atoms with Gasteiger partial charge in [-0.3, -0.25) is 0 Å². The Hall–Kier alpha value is -1.23. The van der Waals surface area contributed by atoms with Crippen molar-refractivity contribution in [1.29, 1.82) is 0 Å². The predicted octanol–water partition coefficient (Wildman–Crippen LogP) is 4.32. The number of rotatable bonds is 4. The third kappa shape index (κ3) is 4.13. The van der Waals surface area contributed by atoms with Gasteiger partial charge in [0.2, 0.25) is 0 Å². The van der Waals surface area contributed by atoms with Gasteiger partial charge in [-0.05, 0) is 42.3 Å². The summed E-state index contributed by atoms with van der Waals surface area (Å²) in [6.45, 7) is 2.40. The molecular formula is C15H15Cl2NO2S. The molecule has 0 aliphatic carbocycles. The van der Waals surface area contributed by atoms with Crippen LogP contribution in [0, 0.1) is 6.92 Å². The molecule has 112 valence electrons. The number of anilines is 1. The SMILES string of the molecule is Cc1ccc(S(C)(=O)=O)cc1NCc1ccc(Cl)cc1Cl. The van der Waals surface area contributed by atoms with Gasteiger partial charge in [0, 0.05) is 28.5 Å². The summed E-state index contributed by atoms with van der Waals surface area (Å²) >= 11 is 12.0. The third-order valence-electron chi connectivity index (χ3n) is 3.12. The summed E-state index contributed by atoms with van der Waals surface area (Å²) in [5.74, 6) is 0. The Balaban J connectivity index is 2.23. The van der Waals surface area contributed by atoms with Gasteiger partial charge in [0.05, 0.1) is 4.90 Å². The fraction of sp³-hybridized carbons (Fsp3) is 0.200. The molecule has 0 heterocycles. The van der Waals surface area contributed by atoms with Crippen LogP contribution in [0.2, 0.25) is 10.0 Å². The van der Waals surface area contributed by atoms with E-state index in [2.05, 4.69) is 5.32 Å². The minimum absolute atomic E-state index is 0.290. The van der Waals surface area contributed by atoms with E-state index < -0.39 is 9.84 Å². The summed E-state index contributed by atoms with van der Waals surface area (Å²) < 4.78 is 23.2. The van der Waals surface area contributed by atoms with Gasteiger partial charge >= 0.3 is 0 Å². The van der Waals surface area contributed by atoms with Crippen LogP contribution >= 0.6 is 23.2 Å². The number of hydrogen-bond acceptors (Lipinski definition) is 3. The molecule has 3 nitrogen and oxygen atoms in total. The van der Waals surface area contributed by atoms with E-state index in [4.69, 9.17) is 23.2 Å². The van der Waals surface area contributed by atoms with Crippen LogP contribution in [0.3, 0.4) is 0 Å². The topological polar surface area (TPSA) is 46.2 Å². The second-order valence-corrected chi connectivity index (χ2v) is 7.70. The Bertz CT molecular complexity index is 773. The van der Waals surface area contributed by atoms with Crippen LogP contribution in [-0.4, -0.2) is 14.7 Å². The molecule has 2 aromatic carbocycles. The van der Waals surface area contributed by atoms with Crippen molar-refractivity contribution < 1.29 is 8.42 Å². The van der Waals surface area contributed by atoms with Gasteiger partial charge in [-0.15, -0.1) is 0 Å². The normalized spacial score (nSPS) is 11.4. The van der Waals surface area contributed by atoms with E-state index in [1.165, 1.54) is 6.26 Å². The van der Waals surface area contributed by atoms with Gasteiger partial charge in [0.15, 0.2) is 9.84 Å². The molecule has 0 saturated carbocycles. The van der Waals surface area contributed by atoms with Gasteiger partial charge in [0.1, 0.15) is 0 Å². The first-order valence-electron chi connectivity index (χ1n) is 6.26. The number of halogens is 2. The number of hydrogen-bond donors (Lipinski definition) is 1. The summed E-state index contributed by atoms with van der Waals surface area (Å²) in [5, 5.41) is 4.37. The highest BCUT2D eigenvalue weighted by molar-refractivity contribution is 7.90. The Labute approximate surface area is 134 Å². The second-order valence-electron chi connectivity index (χ2n) is 4.84. The highest BCUT2D eigenvalue weighted by Crippen LogP contribution is 2.24. The van der Waals surface area contributed by atoms with Crippen molar-refractivity contribution in [3.63, 3.8) is 0 Å². The molecule has 0 aliphatic heterocycles. The summed E-state index contributed by atoms with van der Waals surface area (Å²) in [6, 6.07) is 10.3. The van der Waals surface area contributed by atoms with E-state index in [1.807, 2.05) is 13.0 Å². The molecule has 6 heteroatoms. The number of aryl methyl sites for hydroxylation is 1. The van der Waals surface area contributed by atoms with Crippen molar-refractivity contribution in [2.75, 3.05) is 11.6 Å². The fourth-order valence-electron chi connectivity index (χ4n) is 1.88. The standard InChI is InChI=1S/C15H15Cl2NO2S/c1-10-3-6-13(21(2,19)20)8-15(10)18-9-11-4-5-12(16)7-14(11)17/h3-8,18H,9H2,1-2H3. The molecule has 0 fully saturated rings. The van der Waals surface area contributed by atoms with Crippen molar-refractivity contribution in [2.45, 2.75) is 18.4 Å². The van der Waals surface area contributed by atoms with Crippen molar-refractivity contribution in [3.05, 3.63) is 57.6 Å². The fourth-order valence-corrected chi connectivity index (χ4v) is 3.00. The first-order valence-corrected chi connectivity index (χ1v) is 8.90. The molecule has 0 radical (unpaired) electrons. The van der Waals surface area contributed by atoms with Gasteiger partial charge < -0.3 is 5.32 Å². The Morgan fingerprint density at radius 1 is 1.10 bits per heavy atom. The van der Waals surface area contributed by atoms with E-state index in [9.17, 15) is 8.42 Å². The van der Waals surface area contributed by atoms with Gasteiger partial charge in [-0.1, -0.05) is 35.3 Å². The smallest absolute Gasteiger partial charge is 0.175 e. The van der Waals surface area contributed by atoms with E-state index in [0.717, 1.165) is 16.8 Å². The Morgan fingerprint density at radius 2 is 1.81 bits per heavy atom. The van der Waals surface area contributed by atoms with Crippen molar-refractivity contribution in [2.24, 2.45) is 0 Å². The molecular weight excluding hydrogens is 329 g/mol. The van der Waals surface area contributed by atoms with E-state index in [0.29, 0.717) is 16.6 Å². The zero-order valence-electron chi connectivity index (χ0n) is 11.7. The molecule has 0 amide bonds. The Morgan fingerprint density at radius 3 is 2.43 bits per heavy atom. The van der Waals surface area contributed by atoms with Crippen molar-refractivity contribution in [1.82, 2.24) is 0 Å². The number of nitrogens with one attached hydrogen (secondary N) is 1. The summed E-state index contributed by atoms with van der Waals surface area (Å²) in [5.41, 5.74) is 2.63. The maximum Gasteiger partial charge on any atom is 0.175 e. The average molecular weight is 344 g/mol. The van der Waals surface area contributed by atoms with Crippen LogP contribution in [0.4, 0.5) is 5.69 Å². The first kappa shape index (κ1) is 16.1. The molecule has 0 unspecified atom stereocenters. The number of benzene rings is 2. The second kappa shape index (κ2) is 6.26. The molecule has 2 rings (SSSR count). The minimum Gasteiger partial charge on any atom is -0.381 e. The first-order chi connectivity index (χ1) is 9.77. The molecule has 0 aliphatic rings. The lowest BCUT2D eigenvalue weighted by Crippen LogP contribution is -2.04. The van der Waals surface area contributed by atoms with Crippen LogP contribution in [-0.2, 0) is 16.4 Å². The number of sulfone groups is 1. The molecule has 21 heavy (non-hydrogen) atoms. The highest BCUT2D eigenvalue weighted by atomic mass is 35.5. The quantitative estimate of drug-likeness (QED) is 0.899. The molecule has 0 bridgehead atoms. The van der Waals surface area contributed by atoms with E-state index in [-0.39, 0.29) is 4.90 Å². The molecule has 1 N–H and O–H groups in total. The molecule has 0 atom stereocenters. The molecule has 2 aromatic rings. The van der Waals surface area contributed by atoms with E-state index in [1.54, 1.807) is 30.3 Å². The molecule has 0 spiro atoms. The van der Waals surface area contributed by atoms with Crippen LogP contribution in [0.15, 0.2) is 41.3 Å². The monoisotopic (exact) mass is 343 g/mol. The lowest BCUT2D eigenvalue weighted by molar-refractivity contribution is 0.602. The lowest BCUT2D eigenvalue weighted by atomic mass is 10.1. The summed E-state index contributed by atoms with van der Waals surface area (Å²) in [7, 11) is -3.22. The molecule has 0 saturated heterocycles. The third-order valence-corrected chi connectivity index (χ3v) is 4.82. The summed E-state index contributed by atoms with van der Waals surface area (Å²) in [4.78, 5) is 0.290. The van der Waals surface area contributed by atoms with Gasteiger partial charge in [0.25, 0.3) is 0 Å². The maximum absolute atomic E-state index is 11.6. The van der Waals surface area contributed by atoms with Crippen molar-refractivity contribution in [3.8, 4) is 0 Å². The lowest BCUT2D eigenvalue weighted by Gasteiger charge is -2.12. The van der Waals surface area contributed by atoms with Crippen LogP contribution in [0.1, 0.15) is 11.1 Å². The molecule has 0 aromatic heterocycles. The summed E-state index contributed by atoms with van der Waals surface area (Å²) in [6.07, 6.45) is 1.19. The zero-order valence-corrected chi connectivity index (χ0v) is 14.0. The largest absolute Gasteiger partial charge is 0.381 e. The van der Waals surface area contributed by atoms with Gasteiger partial charge in [-0.25, -0.2) is 8.42 Å². The highest BCUT2D eigenvalue weighted by Gasteiger charge is 2.10. The zero-order chi connectivity index (χ0) is 15.6. The maximum atomic E-state index is 11.6. The predicted molar refractivity (Wildman–Crippen MR) is 88.1 cm³/mol. The van der Waals surface area contributed by atoms with Crippen LogP contribution < -0.4 is 5.32 Å². The van der Waals surface area contributed by atoms with Gasteiger partial charge in [-0.2, -0.15) is 0 Å².